The first-order valence-corrected chi connectivity index (χ1v) is 20.9. The van der Waals surface area contributed by atoms with Gasteiger partial charge in [-0.05, 0) is 60.5 Å². The Morgan fingerprint density at radius 3 is 1.88 bits per heavy atom. The topological polar surface area (TPSA) is 43.6 Å². The van der Waals surface area contributed by atoms with E-state index < -0.39 is 0 Å². The van der Waals surface area contributed by atoms with E-state index >= 15 is 0 Å². The molecule has 0 spiro atoms. The van der Waals surface area contributed by atoms with Crippen molar-refractivity contribution in [2.45, 2.75) is 6.92 Å². The summed E-state index contributed by atoms with van der Waals surface area (Å²) >= 11 is 3.67. The molecule has 0 aliphatic rings. The van der Waals surface area contributed by atoms with Crippen molar-refractivity contribution in [3.8, 4) is 51.0 Å². The van der Waals surface area contributed by atoms with E-state index in [1.165, 1.54) is 79.3 Å². The van der Waals surface area contributed by atoms with Crippen molar-refractivity contribution in [2.75, 3.05) is 0 Å². The predicted octanol–water partition coefficient (Wildman–Crippen LogP) is 14.7. The number of aromatic nitrogens is 4. The molecule has 4 heterocycles. The molecule has 0 radical (unpaired) electrons. The molecule has 274 valence electrons. The highest BCUT2D eigenvalue weighted by Gasteiger charge is 2.20. The van der Waals surface area contributed by atoms with E-state index in [2.05, 4.69) is 121 Å². The summed E-state index contributed by atoms with van der Waals surface area (Å²) in [6.07, 6.45) is 6.05. The Balaban J connectivity index is 1.06. The highest BCUT2D eigenvalue weighted by atomic mass is 32.1. The quantitative estimate of drug-likeness (QED) is 0.151. The molecule has 7 aromatic carbocycles. The van der Waals surface area contributed by atoms with Gasteiger partial charge in [0.15, 0.2) is 17.5 Å². The maximum Gasteiger partial charge on any atom is 0.164 e. The molecule has 0 saturated carbocycles. The number of hydrogen-bond acceptors (Lipinski definition) is 5. The molecular weight excluding hydrogens is 745 g/mol. The number of allylic oxidation sites excluding steroid dienone is 2. The van der Waals surface area contributed by atoms with Crippen LogP contribution >= 0.6 is 22.7 Å². The van der Waals surface area contributed by atoms with Crippen molar-refractivity contribution in [2.24, 2.45) is 0 Å². The molecule has 4 nitrogen and oxygen atoms in total. The lowest BCUT2D eigenvalue weighted by molar-refractivity contribution is 1.06. The van der Waals surface area contributed by atoms with Gasteiger partial charge in [0.2, 0.25) is 0 Å². The molecule has 0 saturated heterocycles. The minimum absolute atomic E-state index is 0.661. The van der Waals surface area contributed by atoms with Gasteiger partial charge in [-0.25, -0.2) is 15.0 Å². The molecule has 0 bridgehead atoms. The molecule has 4 aromatic heterocycles. The number of fused-ring (bicyclic) bond motifs is 7. The molecule has 0 aliphatic heterocycles. The number of rotatable bonds is 7. The zero-order chi connectivity index (χ0) is 38.7. The summed E-state index contributed by atoms with van der Waals surface area (Å²) in [5.41, 5.74) is 10.1. The molecule has 0 N–H and O–H groups in total. The van der Waals surface area contributed by atoms with E-state index in [0.717, 1.165) is 16.7 Å². The first-order chi connectivity index (χ1) is 28.6. The lowest BCUT2D eigenvalue weighted by Crippen LogP contribution is -1.99. The van der Waals surface area contributed by atoms with E-state index in [4.69, 9.17) is 15.0 Å². The van der Waals surface area contributed by atoms with E-state index in [-0.39, 0.29) is 0 Å². The van der Waals surface area contributed by atoms with Crippen molar-refractivity contribution in [3.63, 3.8) is 0 Å². The number of para-hydroxylation sites is 1. The second-order valence-corrected chi connectivity index (χ2v) is 16.6. The Morgan fingerprint density at radius 2 is 1.14 bits per heavy atom. The van der Waals surface area contributed by atoms with Crippen molar-refractivity contribution >= 4 is 80.0 Å². The minimum Gasteiger partial charge on any atom is -0.313 e. The first-order valence-electron chi connectivity index (χ1n) is 19.3. The zero-order valence-corrected chi connectivity index (χ0v) is 33.2. The third kappa shape index (κ3) is 5.60. The Labute approximate surface area is 343 Å². The predicted molar refractivity (Wildman–Crippen MR) is 248 cm³/mol. The normalized spacial score (nSPS) is 11.9. The van der Waals surface area contributed by atoms with Gasteiger partial charge in [-0.3, -0.25) is 0 Å². The van der Waals surface area contributed by atoms with Crippen LogP contribution in [0.5, 0.6) is 0 Å². The molecule has 0 fully saturated rings. The Hall–Kier alpha value is -6.99. The van der Waals surface area contributed by atoms with Gasteiger partial charge in [-0.15, -0.1) is 22.7 Å². The smallest absolute Gasteiger partial charge is 0.164 e. The van der Waals surface area contributed by atoms with Crippen LogP contribution in [0.15, 0.2) is 176 Å². The van der Waals surface area contributed by atoms with Crippen LogP contribution in [0.25, 0.3) is 108 Å². The van der Waals surface area contributed by atoms with Gasteiger partial charge in [-0.2, -0.15) is 0 Å². The summed E-state index contributed by atoms with van der Waals surface area (Å²) in [6, 6.07) is 56.0. The summed E-state index contributed by atoms with van der Waals surface area (Å²) in [7, 11) is 0. The fourth-order valence-electron chi connectivity index (χ4n) is 8.37. The van der Waals surface area contributed by atoms with Crippen molar-refractivity contribution in [1.29, 1.82) is 0 Å². The van der Waals surface area contributed by atoms with Gasteiger partial charge in [0.1, 0.15) is 0 Å². The Bertz CT molecular complexity index is 3370. The minimum atomic E-state index is 0.661. The van der Waals surface area contributed by atoms with E-state index in [9.17, 15) is 0 Å². The van der Waals surface area contributed by atoms with Crippen molar-refractivity contribution in [1.82, 2.24) is 19.5 Å². The molecule has 0 unspecified atom stereocenters. The van der Waals surface area contributed by atoms with Crippen molar-refractivity contribution in [3.05, 3.63) is 188 Å². The molecule has 58 heavy (non-hydrogen) atoms. The van der Waals surface area contributed by atoms with Crippen LogP contribution in [-0.2, 0) is 0 Å². The molecule has 11 aromatic rings. The van der Waals surface area contributed by atoms with E-state index in [0.29, 0.717) is 17.5 Å². The van der Waals surface area contributed by atoms with E-state index in [1.54, 1.807) is 0 Å². The van der Waals surface area contributed by atoms with Gasteiger partial charge in [0.05, 0.1) is 11.2 Å². The molecule has 0 aliphatic carbocycles. The molecule has 0 atom stereocenters. The van der Waals surface area contributed by atoms with Crippen LogP contribution in [-0.4, -0.2) is 19.5 Å². The molecule has 6 heteroatoms. The number of thiophene rings is 2. The van der Waals surface area contributed by atoms with Crippen LogP contribution in [0, 0.1) is 6.92 Å². The number of hydrogen-bond donors (Lipinski definition) is 0. The highest BCUT2D eigenvalue weighted by Crippen LogP contribution is 2.46. The van der Waals surface area contributed by atoms with Gasteiger partial charge in [-0.1, -0.05) is 140 Å². The van der Waals surface area contributed by atoms with Gasteiger partial charge in [0, 0.05) is 73.7 Å². The summed E-state index contributed by atoms with van der Waals surface area (Å²) in [6.45, 7) is 6.16. The zero-order valence-electron chi connectivity index (χ0n) is 31.6. The lowest BCUT2D eigenvalue weighted by atomic mass is 9.97. The molecule has 0 amide bonds. The third-order valence-electron chi connectivity index (χ3n) is 11.0. The standard InChI is InChI=1S/C52H34N4S2/c1-3-4-19-37-32(2)56(42-22-12-11-20-39(37)42)43-23-14-25-46-49(43)48-38(21-13-24-45(48)58-46)35-27-29-44-41(30-35)40-28-26-36(31-47(40)57-44)52-54-50(33-15-7-5-8-16-33)53-51(55-52)34-17-9-6-10-18-34/h3-31H,1H2,2H3/b19-4-. The maximum atomic E-state index is 5.00. The lowest BCUT2D eigenvalue weighted by Gasteiger charge is -2.13. The molecular formula is C52H34N4S2. The average Bonchev–Trinajstić information content (AvgIpc) is 3.94. The van der Waals surface area contributed by atoms with E-state index in [1.807, 2.05) is 95.5 Å². The number of nitrogens with zero attached hydrogens (tertiary/aromatic N) is 4. The van der Waals surface area contributed by atoms with Gasteiger partial charge < -0.3 is 4.57 Å². The van der Waals surface area contributed by atoms with Crippen LogP contribution in [0.3, 0.4) is 0 Å². The Morgan fingerprint density at radius 1 is 0.500 bits per heavy atom. The summed E-state index contributed by atoms with van der Waals surface area (Å²) in [5.74, 6) is 1.98. The fraction of sp³-hybridized carbons (Fsp3) is 0.0192. The largest absolute Gasteiger partial charge is 0.313 e. The number of benzene rings is 7. The first kappa shape index (κ1) is 34.3. The average molecular weight is 779 g/mol. The summed E-state index contributed by atoms with van der Waals surface area (Å²) in [5, 5.41) is 6.28. The second-order valence-electron chi connectivity index (χ2n) is 14.4. The third-order valence-corrected chi connectivity index (χ3v) is 13.3. The fourth-order valence-corrected chi connectivity index (χ4v) is 10.7. The monoisotopic (exact) mass is 778 g/mol. The van der Waals surface area contributed by atoms with Gasteiger partial charge >= 0.3 is 0 Å². The van der Waals surface area contributed by atoms with Crippen LogP contribution < -0.4 is 0 Å². The highest BCUT2D eigenvalue weighted by molar-refractivity contribution is 7.26. The van der Waals surface area contributed by atoms with Crippen molar-refractivity contribution < 1.29 is 0 Å². The van der Waals surface area contributed by atoms with Crippen LogP contribution in [0.2, 0.25) is 0 Å². The van der Waals surface area contributed by atoms with Gasteiger partial charge in [0.25, 0.3) is 0 Å². The second kappa shape index (κ2) is 13.9. The Kier molecular flexibility index (Phi) is 8.21. The maximum absolute atomic E-state index is 5.00. The molecule has 11 rings (SSSR count). The van der Waals surface area contributed by atoms with Crippen LogP contribution in [0.4, 0.5) is 0 Å². The van der Waals surface area contributed by atoms with Crippen LogP contribution in [0.1, 0.15) is 11.3 Å². The SMILES string of the molecule is C=C/C=C\c1c(C)n(-c2cccc3sc4cccc(-c5ccc6sc7cc(-c8nc(-c9ccccc9)nc(-c9ccccc9)n8)ccc7c6c5)c4c23)c2ccccc12. The summed E-state index contributed by atoms with van der Waals surface area (Å²) < 4.78 is 7.45. The summed E-state index contributed by atoms with van der Waals surface area (Å²) in [4.78, 5) is 14.9.